The highest BCUT2D eigenvalue weighted by atomic mass is 19.1. The van der Waals surface area contributed by atoms with Crippen molar-refractivity contribution >= 4 is 11.7 Å². The molecular weight excluding hydrogens is 284 g/mol. The van der Waals surface area contributed by atoms with Gasteiger partial charge in [0.15, 0.2) is 11.6 Å². The standard InChI is InChI=1S/C13H11F2N3O3/c1-6-3-11(18-12(17-6)13(19)20-2)21-10-5-7(14)9(16)4-8(10)15/h3-5H,16H2,1-2H3. The lowest BCUT2D eigenvalue weighted by atomic mass is 10.3. The van der Waals surface area contributed by atoms with Gasteiger partial charge in [-0.25, -0.2) is 18.6 Å². The van der Waals surface area contributed by atoms with Gasteiger partial charge in [-0.15, -0.1) is 0 Å². The summed E-state index contributed by atoms with van der Waals surface area (Å²) in [5.41, 5.74) is 5.29. The largest absolute Gasteiger partial charge is 0.463 e. The van der Waals surface area contributed by atoms with Crippen LogP contribution in [-0.4, -0.2) is 23.0 Å². The molecule has 0 saturated heterocycles. The number of nitrogens with two attached hydrogens (primary N) is 1. The monoisotopic (exact) mass is 295 g/mol. The molecule has 21 heavy (non-hydrogen) atoms. The number of esters is 1. The fourth-order valence-electron chi connectivity index (χ4n) is 1.51. The topological polar surface area (TPSA) is 87.3 Å². The first-order valence-electron chi connectivity index (χ1n) is 5.77. The van der Waals surface area contributed by atoms with Gasteiger partial charge in [-0.3, -0.25) is 0 Å². The molecule has 0 unspecified atom stereocenters. The normalized spacial score (nSPS) is 10.3. The Balaban J connectivity index is 2.38. The van der Waals surface area contributed by atoms with E-state index in [-0.39, 0.29) is 17.4 Å². The maximum atomic E-state index is 13.6. The molecule has 2 N–H and O–H groups in total. The first kappa shape index (κ1) is 14.6. The van der Waals surface area contributed by atoms with Crippen LogP contribution in [0.4, 0.5) is 14.5 Å². The number of nitrogens with zero attached hydrogens (tertiary/aromatic N) is 2. The van der Waals surface area contributed by atoms with Crippen LogP contribution in [0.25, 0.3) is 0 Å². The zero-order valence-electron chi connectivity index (χ0n) is 11.2. The Morgan fingerprint density at radius 2 is 1.90 bits per heavy atom. The summed E-state index contributed by atoms with van der Waals surface area (Å²) in [5.74, 6) is -3.23. The van der Waals surface area contributed by atoms with Gasteiger partial charge in [0.25, 0.3) is 0 Å². The predicted molar refractivity (Wildman–Crippen MR) is 69.0 cm³/mol. The van der Waals surface area contributed by atoms with Crippen LogP contribution in [-0.2, 0) is 4.74 Å². The zero-order valence-corrected chi connectivity index (χ0v) is 11.2. The second kappa shape index (κ2) is 5.70. The molecule has 0 saturated carbocycles. The molecule has 0 aliphatic carbocycles. The lowest BCUT2D eigenvalue weighted by Crippen LogP contribution is -2.09. The molecular formula is C13H11F2N3O3. The molecule has 0 spiro atoms. The number of ether oxygens (including phenoxy) is 2. The van der Waals surface area contributed by atoms with Crippen LogP contribution >= 0.6 is 0 Å². The van der Waals surface area contributed by atoms with Gasteiger partial charge < -0.3 is 15.2 Å². The summed E-state index contributed by atoms with van der Waals surface area (Å²) in [5, 5.41) is 0. The molecule has 8 heteroatoms. The van der Waals surface area contributed by atoms with Crippen molar-refractivity contribution in [2.45, 2.75) is 6.92 Å². The number of rotatable bonds is 3. The molecule has 2 aromatic rings. The highest BCUT2D eigenvalue weighted by molar-refractivity contribution is 5.85. The fraction of sp³-hybridized carbons (Fsp3) is 0.154. The number of aryl methyl sites for hydroxylation is 1. The number of hydrogen-bond acceptors (Lipinski definition) is 6. The summed E-state index contributed by atoms with van der Waals surface area (Å²) in [4.78, 5) is 19.0. The van der Waals surface area contributed by atoms with Crippen molar-refractivity contribution < 1.29 is 23.0 Å². The second-order valence-electron chi connectivity index (χ2n) is 4.07. The van der Waals surface area contributed by atoms with Crippen molar-refractivity contribution in [3.8, 4) is 11.6 Å². The van der Waals surface area contributed by atoms with E-state index in [0.717, 1.165) is 12.1 Å². The number of halogens is 2. The number of benzene rings is 1. The molecule has 0 bridgehead atoms. The average molecular weight is 295 g/mol. The van der Waals surface area contributed by atoms with Crippen LogP contribution in [0.5, 0.6) is 11.6 Å². The average Bonchev–Trinajstić information content (AvgIpc) is 2.43. The molecule has 6 nitrogen and oxygen atoms in total. The van der Waals surface area contributed by atoms with Crippen LogP contribution in [0, 0.1) is 18.6 Å². The summed E-state index contributed by atoms with van der Waals surface area (Å²) in [7, 11) is 1.17. The van der Waals surface area contributed by atoms with Gasteiger partial charge in [-0.1, -0.05) is 0 Å². The van der Waals surface area contributed by atoms with Gasteiger partial charge >= 0.3 is 5.97 Å². The number of anilines is 1. The summed E-state index contributed by atoms with van der Waals surface area (Å²) in [6.45, 7) is 1.58. The zero-order chi connectivity index (χ0) is 15.6. The molecule has 0 radical (unpaired) electrons. The lowest BCUT2D eigenvalue weighted by molar-refractivity contribution is 0.0585. The third kappa shape index (κ3) is 3.22. The van der Waals surface area contributed by atoms with Gasteiger partial charge in [-0.2, -0.15) is 4.98 Å². The van der Waals surface area contributed by atoms with Crippen molar-refractivity contribution in [2.24, 2.45) is 0 Å². The first-order valence-corrected chi connectivity index (χ1v) is 5.77. The number of methoxy groups -OCH3 is 1. The van der Waals surface area contributed by atoms with E-state index in [9.17, 15) is 13.6 Å². The first-order chi connectivity index (χ1) is 9.90. The Hall–Kier alpha value is -2.77. The Morgan fingerprint density at radius 1 is 1.19 bits per heavy atom. The van der Waals surface area contributed by atoms with E-state index < -0.39 is 23.4 Å². The summed E-state index contributed by atoms with van der Waals surface area (Å²) >= 11 is 0. The Labute approximate surface area is 118 Å². The minimum absolute atomic E-state index is 0.119. The molecule has 0 amide bonds. The number of carbonyl (C=O) groups excluding carboxylic acids is 1. The summed E-state index contributed by atoms with van der Waals surface area (Å²) < 4.78 is 36.6. The van der Waals surface area contributed by atoms with Crippen LogP contribution in [0.15, 0.2) is 18.2 Å². The smallest absolute Gasteiger partial charge is 0.376 e. The predicted octanol–water partition coefficient (Wildman–Crippen LogP) is 2.22. The molecule has 1 aromatic heterocycles. The Kier molecular flexibility index (Phi) is 3.97. The van der Waals surface area contributed by atoms with E-state index in [1.165, 1.54) is 13.2 Å². The Morgan fingerprint density at radius 3 is 2.57 bits per heavy atom. The van der Waals surface area contributed by atoms with Crippen LogP contribution < -0.4 is 10.5 Å². The minimum Gasteiger partial charge on any atom is -0.463 e. The summed E-state index contributed by atoms with van der Waals surface area (Å²) in [6, 6.07) is 2.94. The Bertz CT molecular complexity index is 707. The van der Waals surface area contributed by atoms with Crippen molar-refractivity contribution in [1.29, 1.82) is 0 Å². The van der Waals surface area contributed by atoms with Gasteiger partial charge in [0.2, 0.25) is 11.7 Å². The van der Waals surface area contributed by atoms with E-state index >= 15 is 0 Å². The van der Waals surface area contributed by atoms with Crippen molar-refractivity contribution in [2.75, 3.05) is 12.8 Å². The third-order valence-electron chi connectivity index (χ3n) is 2.46. The fourth-order valence-corrected chi connectivity index (χ4v) is 1.51. The summed E-state index contributed by atoms with van der Waals surface area (Å²) in [6.07, 6.45) is 0. The van der Waals surface area contributed by atoms with Gasteiger partial charge in [0.1, 0.15) is 5.82 Å². The quantitative estimate of drug-likeness (QED) is 0.690. The van der Waals surface area contributed by atoms with Crippen molar-refractivity contribution in [3.05, 3.63) is 41.4 Å². The molecule has 0 aliphatic heterocycles. The maximum absolute atomic E-state index is 13.6. The van der Waals surface area contributed by atoms with E-state index in [1.54, 1.807) is 6.92 Å². The highest BCUT2D eigenvalue weighted by Crippen LogP contribution is 2.27. The lowest BCUT2D eigenvalue weighted by Gasteiger charge is -2.08. The van der Waals surface area contributed by atoms with E-state index in [1.807, 2.05) is 0 Å². The van der Waals surface area contributed by atoms with Crippen molar-refractivity contribution in [1.82, 2.24) is 9.97 Å². The number of hydrogen-bond donors (Lipinski definition) is 1. The van der Waals surface area contributed by atoms with Crippen molar-refractivity contribution in [3.63, 3.8) is 0 Å². The molecule has 0 aliphatic rings. The maximum Gasteiger partial charge on any atom is 0.376 e. The van der Waals surface area contributed by atoms with Gasteiger partial charge in [0, 0.05) is 23.9 Å². The van der Waals surface area contributed by atoms with Crippen LogP contribution in [0.3, 0.4) is 0 Å². The van der Waals surface area contributed by atoms with Gasteiger partial charge in [0.05, 0.1) is 12.8 Å². The SMILES string of the molecule is COC(=O)c1nc(C)cc(Oc2cc(F)c(N)cc2F)n1. The minimum atomic E-state index is -0.857. The molecule has 0 atom stereocenters. The van der Waals surface area contributed by atoms with Gasteiger partial charge in [-0.05, 0) is 6.92 Å². The highest BCUT2D eigenvalue weighted by Gasteiger charge is 2.15. The number of carbonyl (C=O) groups is 1. The van der Waals surface area contributed by atoms with Crippen LogP contribution in [0.2, 0.25) is 0 Å². The van der Waals surface area contributed by atoms with Crippen LogP contribution in [0.1, 0.15) is 16.3 Å². The molecule has 1 heterocycles. The number of aromatic nitrogens is 2. The van der Waals surface area contributed by atoms with E-state index in [2.05, 4.69) is 14.7 Å². The molecule has 110 valence electrons. The van der Waals surface area contributed by atoms with E-state index in [0.29, 0.717) is 5.69 Å². The molecule has 0 fully saturated rings. The molecule has 2 rings (SSSR count). The number of nitrogen functional groups attached to an aromatic ring is 1. The molecule has 1 aromatic carbocycles. The third-order valence-corrected chi connectivity index (χ3v) is 2.46. The second-order valence-corrected chi connectivity index (χ2v) is 4.07. The van der Waals surface area contributed by atoms with E-state index in [4.69, 9.17) is 10.5 Å².